The van der Waals surface area contributed by atoms with Crippen LogP contribution in [0.1, 0.15) is 81.1 Å². The molecule has 13 heteroatoms. The average molecular weight is 579 g/mol. The van der Waals surface area contributed by atoms with Gasteiger partial charge in [0.15, 0.2) is 0 Å². The van der Waals surface area contributed by atoms with E-state index in [1.54, 1.807) is 0 Å². The number of carbonyl (C=O) groups is 4. The highest BCUT2D eigenvalue weighted by Gasteiger charge is 2.34. The maximum Gasteiger partial charge on any atom is 0.328 e. The summed E-state index contributed by atoms with van der Waals surface area (Å²) in [6.07, 6.45) is 0.905. The van der Waals surface area contributed by atoms with Crippen LogP contribution in [0.2, 0.25) is 0 Å². The molecule has 0 rings (SSSR count). The summed E-state index contributed by atoms with van der Waals surface area (Å²) in [5, 5.41) is 5.20. The summed E-state index contributed by atoms with van der Waals surface area (Å²) in [7, 11) is -1.96. The van der Waals surface area contributed by atoms with E-state index < -0.39 is 58.1 Å². The summed E-state index contributed by atoms with van der Waals surface area (Å²) < 4.78 is 40.6. The molecule has 0 saturated heterocycles. The minimum absolute atomic E-state index is 0.0659. The molecule has 2 amide bonds. The van der Waals surface area contributed by atoms with E-state index in [1.807, 2.05) is 55.4 Å². The Kier molecular flexibility index (Phi) is 16.4. The van der Waals surface area contributed by atoms with Gasteiger partial charge >= 0.3 is 11.9 Å². The van der Waals surface area contributed by atoms with E-state index >= 15 is 0 Å². The highest BCUT2D eigenvalue weighted by atomic mass is 32.2. The standard InChI is InChI=1S/C26H50N4O8S/c1-15(2)11-19(23(31)27-21(13-17(5)6)25(33)37-9)29-39(35,36)30-20(12-16(3)4)24(32)28-22(14-18(7)8)26(34)38-10/h15-22,29-30H,11-14H2,1-10H3,(H,27,31)(H,28,32)/t19-,20-,21-,22-/m0/s1. The lowest BCUT2D eigenvalue weighted by Crippen LogP contribution is -2.58. The third-order valence-electron chi connectivity index (χ3n) is 5.66. The second-order valence-electron chi connectivity index (χ2n) is 11.5. The summed E-state index contributed by atoms with van der Waals surface area (Å²) >= 11 is 0. The summed E-state index contributed by atoms with van der Waals surface area (Å²) in [6, 6.07) is -4.31. The van der Waals surface area contributed by atoms with Gasteiger partial charge < -0.3 is 20.1 Å². The molecule has 0 radical (unpaired) electrons. The number of hydrogen-bond donors (Lipinski definition) is 4. The van der Waals surface area contributed by atoms with Crippen molar-refractivity contribution in [3.63, 3.8) is 0 Å². The van der Waals surface area contributed by atoms with Crippen molar-refractivity contribution in [3.05, 3.63) is 0 Å². The van der Waals surface area contributed by atoms with Gasteiger partial charge in [0.05, 0.1) is 14.2 Å². The van der Waals surface area contributed by atoms with Crippen LogP contribution in [-0.2, 0) is 38.9 Å². The Bertz CT molecular complexity index is 840. The normalized spacial score (nSPS) is 15.1. The lowest BCUT2D eigenvalue weighted by molar-refractivity contribution is -0.146. The zero-order valence-electron chi connectivity index (χ0n) is 25.1. The van der Waals surface area contributed by atoms with Gasteiger partial charge in [-0.1, -0.05) is 55.4 Å². The van der Waals surface area contributed by atoms with Crippen LogP contribution in [0.5, 0.6) is 0 Å². The van der Waals surface area contributed by atoms with Crippen LogP contribution in [-0.4, -0.2) is 70.6 Å². The molecule has 0 saturated carbocycles. The molecule has 0 aliphatic rings. The molecule has 0 bridgehead atoms. The number of esters is 2. The molecule has 0 aromatic carbocycles. The number of rotatable bonds is 18. The van der Waals surface area contributed by atoms with Crippen molar-refractivity contribution in [2.24, 2.45) is 23.7 Å². The fraction of sp³-hybridized carbons (Fsp3) is 0.846. The van der Waals surface area contributed by atoms with Crippen LogP contribution in [0, 0.1) is 23.7 Å². The number of nitrogens with one attached hydrogen (secondary N) is 4. The lowest BCUT2D eigenvalue weighted by atomic mass is 10.0. The second kappa shape index (κ2) is 17.4. The minimum atomic E-state index is -4.38. The number of methoxy groups -OCH3 is 2. The number of amides is 2. The lowest BCUT2D eigenvalue weighted by Gasteiger charge is -2.26. The molecule has 12 nitrogen and oxygen atoms in total. The van der Waals surface area contributed by atoms with E-state index in [-0.39, 0.29) is 36.5 Å². The maximum atomic E-state index is 13.2. The van der Waals surface area contributed by atoms with Gasteiger partial charge in [-0.05, 0) is 49.4 Å². The monoisotopic (exact) mass is 578 g/mol. The highest BCUT2D eigenvalue weighted by molar-refractivity contribution is 7.87. The summed E-state index contributed by atoms with van der Waals surface area (Å²) in [4.78, 5) is 50.6. The highest BCUT2D eigenvalue weighted by Crippen LogP contribution is 2.13. The first-order valence-corrected chi connectivity index (χ1v) is 15.0. The third-order valence-corrected chi connectivity index (χ3v) is 6.85. The van der Waals surface area contributed by atoms with Crippen molar-refractivity contribution in [2.45, 2.75) is 105 Å². The molecule has 0 aliphatic carbocycles. The molecule has 0 fully saturated rings. The molecular weight excluding hydrogens is 528 g/mol. The summed E-state index contributed by atoms with van der Waals surface area (Å²) in [6.45, 7) is 14.8. The van der Waals surface area contributed by atoms with Crippen LogP contribution in [0.15, 0.2) is 0 Å². The van der Waals surface area contributed by atoms with Crippen LogP contribution >= 0.6 is 0 Å². The number of ether oxygens (including phenoxy) is 2. The molecule has 4 N–H and O–H groups in total. The first-order valence-electron chi connectivity index (χ1n) is 13.5. The van der Waals surface area contributed by atoms with Gasteiger partial charge in [-0.15, -0.1) is 0 Å². The predicted molar refractivity (Wildman–Crippen MR) is 148 cm³/mol. The molecule has 39 heavy (non-hydrogen) atoms. The Morgan fingerprint density at radius 1 is 0.538 bits per heavy atom. The van der Waals surface area contributed by atoms with Crippen molar-refractivity contribution >= 4 is 34.0 Å². The zero-order chi connectivity index (χ0) is 30.5. The molecule has 0 heterocycles. The Labute approximate surface area is 234 Å². The van der Waals surface area contributed by atoms with E-state index in [2.05, 4.69) is 20.1 Å². The number of hydrogen-bond acceptors (Lipinski definition) is 8. The SMILES string of the molecule is COC(=O)[C@H](CC(C)C)NC(=O)[C@H](CC(C)C)NS(=O)(=O)N[C@@H](CC(C)C)C(=O)N[C@@H](CC(C)C)C(=O)OC. The van der Waals surface area contributed by atoms with Crippen molar-refractivity contribution in [1.82, 2.24) is 20.1 Å². The molecule has 0 aromatic heterocycles. The maximum absolute atomic E-state index is 13.2. The molecule has 0 spiro atoms. The Balaban J connectivity index is 5.88. The third kappa shape index (κ3) is 15.2. The Morgan fingerprint density at radius 3 is 1.03 bits per heavy atom. The van der Waals surface area contributed by atoms with Gasteiger partial charge in [0.2, 0.25) is 11.8 Å². The van der Waals surface area contributed by atoms with Gasteiger partial charge in [-0.25, -0.2) is 9.59 Å². The summed E-state index contributed by atoms with van der Waals surface area (Å²) in [5.74, 6) is -2.64. The fourth-order valence-corrected chi connectivity index (χ4v) is 5.19. The molecule has 0 aromatic rings. The zero-order valence-corrected chi connectivity index (χ0v) is 25.9. The van der Waals surface area contributed by atoms with E-state index in [1.165, 1.54) is 14.2 Å². The number of carbonyl (C=O) groups excluding carboxylic acids is 4. The first-order chi connectivity index (χ1) is 17.9. The smallest absolute Gasteiger partial charge is 0.328 e. The van der Waals surface area contributed by atoms with Crippen LogP contribution in [0.4, 0.5) is 0 Å². The van der Waals surface area contributed by atoms with Crippen LogP contribution in [0.25, 0.3) is 0 Å². The fourth-order valence-electron chi connectivity index (χ4n) is 3.97. The van der Waals surface area contributed by atoms with Crippen LogP contribution < -0.4 is 20.1 Å². The first kappa shape index (κ1) is 36.8. The topological polar surface area (TPSA) is 169 Å². The van der Waals surface area contributed by atoms with E-state index in [0.717, 1.165) is 0 Å². The summed E-state index contributed by atoms with van der Waals surface area (Å²) in [5.41, 5.74) is 0. The minimum Gasteiger partial charge on any atom is -0.467 e. The predicted octanol–water partition coefficient (Wildman–Crippen LogP) is 1.65. The van der Waals surface area contributed by atoms with E-state index in [0.29, 0.717) is 12.8 Å². The largest absolute Gasteiger partial charge is 0.467 e. The molecule has 4 atom stereocenters. The van der Waals surface area contributed by atoms with Gasteiger partial charge in [-0.3, -0.25) is 9.59 Å². The van der Waals surface area contributed by atoms with Crippen molar-refractivity contribution in [3.8, 4) is 0 Å². The van der Waals surface area contributed by atoms with Gasteiger partial charge in [-0.2, -0.15) is 17.9 Å². The average Bonchev–Trinajstić information content (AvgIpc) is 2.79. The van der Waals surface area contributed by atoms with Crippen molar-refractivity contribution in [2.75, 3.05) is 14.2 Å². The molecule has 228 valence electrons. The van der Waals surface area contributed by atoms with Crippen LogP contribution in [0.3, 0.4) is 0 Å². The quantitative estimate of drug-likeness (QED) is 0.178. The van der Waals surface area contributed by atoms with Crippen molar-refractivity contribution < 1.29 is 37.1 Å². The molecule has 0 unspecified atom stereocenters. The van der Waals surface area contributed by atoms with Gasteiger partial charge in [0.1, 0.15) is 24.2 Å². The Hall–Kier alpha value is -2.25. The molecule has 0 aliphatic heterocycles. The van der Waals surface area contributed by atoms with E-state index in [4.69, 9.17) is 9.47 Å². The Morgan fingerprint density at radius 2 is 0.795 bits per heavy atom. The van der Waals surface area contributed by atoms with Gasteiger partial charge in [0.25, 0.3) is 10.2 Å². The van der Waals surface area contributed by atoms with Gasteiger partial charge in [0, 0.05) is 0 Å². The second-order valence-corrected chi connectivity index (χ2v) is 13.0. The van der Waals surface area contributed by atoms with Crippen molar-refractivity contribution in [1.29, 1.82) is 0 Å². The molecular formula is C26H50N4O8S. The van der Waals surface area contributed by atoms with E-state index in [9.17, 15) is 27.6 Å².